The molecule has 0 unspecified atom stereocenters. The Kier molecular flexibility index (Phi) is 5.21. The Morgan fingerprint density at radius 3 is 2.55 bits per heavy atom. The number of H-pyrrole nitrogens is 1. The van der Waals surface area contributed by atoms with E-state index >= 15 is 0 Å². The average molecular weight is 273 g/mol. The Morgan fingerprint density at radius 1 is 1.10 bits per heavy atom. The monoisotopic (exact) mass is 273 g/mol. The summed E-state index contributed by atoms with van der Waals surface area (Å²) in [5.74, 6) is 0. The van der Waals surface area contributed by atoms with Crippen molar-refractivity contribution in [2.24, 2.45) is 0 Å². The second-order valence-corrected chi connectivity index (χ2v) is 6.00. The second-order valence-electron chi connectivity index (χ2n) is 6.00. The van der Waals surface area contributed by atoms with Crippen molar-refractivity contribution in [3.8, 4) is 0 Å². The van der Waals surface area contributed by atoms with E-state index in [-0.39, 0.29) is 0 Å². The van der Waals surface area contributed by atoms with E-state index in [0.717, 1.165) is 19.6 Å². The van der Waals surface area contributed by atoms with Crippen LogP contribution in [0, 0.1) is 0 Å². The van der Waals surface area contributed by atoms with Crippen LogP contribution in [0.3, 0.4) is 0 Å². The number of benzene rings is 1. The maximum absolute atomic E-state index is 3.55. The van der Waals surface area contributed by atoms with Crippen LogP contribution in [0.15, 0.2) is 30.5 Å². The molecule has 0 atom stereocenters. The summed E-state index contributed by atoms with van der Waals surface area (Å²) in [6, 6.07) is 9.93. The molecule has 0 spiro atoms. The summed E-state index contributed by atoms with van der Waals surface area (Å²) >= 11 is 0. The number of hydrogen-bond donors (Lipinski definition) is 2. The molecule has 2 N–H and O–H groups in total. The van der Waals surface area contributed by atoms with E-state index in [9.17, 15) is 0 Å². The zero-order valence-electron chi connectivity index (χ0n) is 13.1. The molecule has 0 aliphatic heterocycles. The Morgan fingerprint density at radius 2 is 1.85 bits per heavy atom. The minimum absolute atomic E-state index is 0.605. The van der Waals surface area contributed by atoms with E-state index in [2.05, 4.69) is 67.2 Å². The van der Waals surface area contributed by atoms with E-state index in [1.165, 1.54) is 16.5 Å². The first-order valence-electron chi connectivity index (χ1n) is 7.60. The Bertz CT molecular complexity index is 520. The van der Waals surface area contributed by atoms with Crippen LogP contribution >= 0.6 is 0 Å². The van der Waals surface area contributed by atoms with Crippen LogP contribution in [0.2, 0.25) is 0 Å². The van der Waals surface area contributed by atoms with Crippen LogP contribution in [0.5, 0.6) is 0 Å². The fraction of sp³-hybridized carbons (Fsp3) is 0.529. The topological polar surface area (TPSA) is 31.1 Å². The Hall–Kier alpha value is -1.32. The maximum Gasteiger partial charge on any atom is 0.0454 e. The van der Waals surface area contributed by atoms with Gasteiger partial charge >= 0.3 is 0 Å². The van der Waals surface area contributed by atoms with Crippen molar-refractivity contribution in [3.05, 3.63) is 36.0 Å². The van der Waals surface area contributed by atoms with Gasteiger partial charge in [0.15, 0.2) is 0 Å². The van der Waals surface area contributed by atoms with Gasteiger partial charge in [0.25, 0.3) is 0 Å². The number of nitrogens with one attached hydrogen (secondary N) is 2. The molecule has 0 amide bonds. The molecule has 20 heavy (non-hydrogen) atoms. The van der Waals surface area contributed by atoms with Crippen molar-refractivity contribution in [1.29, 1.82) is 0 Å². The lowest BCUT2D eigenvalue weighted by Crippen LogP contribution is -2.41. The first kappa shape index (κ1) is 15.1. The molecular formula is C17H27N3. The number of aromatic amines is 1. The minimum atomic E-state index is 0.605. The molecule has 0 bridgehead atoms. The average Bonchev–Trinajstić information content (AvgIpc) is 2.84. The van der Waals surface area contributed by atoms with E-state index < -0.39 is 0 Å². The fourth-order valence-electron chi connectivity index (χ4n) is 2.77. The zero-order valence-corrected chi connectivity index (χ0v) is 13.1. The van der Waals surface area contributed by atoms with Crippen LogP contribution in [0.1, 0.15) is 33.3 Å². The van der Waals surface area contributed by atoms with Crippen molar-refractivity contribution in [2.75, 3.05) is 13.1 Å². The smallest absolute Gasteiger partial charge is 0.0454 e. The quantitative estimate of drug-likeness (QED) is 0.758. The van der Waals surface area contributed by atoms with Gasteiger partial charge in [-0.15, -0.1) is 0 Å². The predicted molar refractivity (Wildman–Crippen MR) is 87.0 cm³/mol. The normalized spacial score (nSPS) is 12.2. The van der Waals surface area contributed by atoms with Gasteiger partial charge in [-0.2, -0.15) is 0 Å². The summed E-state index contributed by atoms with van der Waals surface area (Å²) in [5, 5.41) is 4.83. The third-order valence-corrected chi connectivity index (χ3v) is 3.82. The van der Waals surface area contributed by atoms with Crippen LogP contribution in [-0.2, 0) is 6.54 Å². The van der Waals surface area contributed by atoms with Crippen molar-refractivity contribution in [3.63, 3.8) is 0 Å². The molecule has 1 aromatic heterocycles. The van der Waals surface area contributed by atoms with Crippen molar-refractivity contribution < 1.29 is 0 Å². The van der Waals surface area contributed by atoms with Crippen molar-refractivity contribution in [2.45, 2.75) is 46.3 Å². The maximum atomic E-state index is 3.55. The summed E-state index contributed by atoms with van der Waals surface area (Å²) in [6.07, 6.45) is 1.99. The van der Waals surface area contributed by atoms with Crippen LogP contribution in [0.25, 0.3) is 10.9 Å². The van der Waals surface area contributed by atoms with Gasteiger partial charge in [0, 0.05) is 43.4 Å². The molecule has 1 heterocycles. The Labute approximate surface area is 122 Å². The highest BCUT2D eigenvalue weighted by Gasteiger charge is 2.11. The van der Waals surface area contributed by atoms with Gasteiger partial charge in [0.1, 0.15) is 0 Å². The van der Waals surface area contributed by atoms with E-state index in [1.54, 1.807) is 0 Å². The molecule has 1 aromatic carbocycles. The number of fused-ring (bicyclic) bond motifs is 1. The van der Waals surface area contributed by atoms with E-state index in [4.69, 9.17) is 0 Å². The molecule has 0 fully saturated rings. The van der Waals surface area contributed by atoms with Gasteiger partial charge in [-0.3, -0.25) is 4.90 Å². The van der Waals surface area contributed by atoms with Crippen LogP contribution in [0.4, 0.5) is 0 Å². The van der Waals surface area contributed by atoms with Gasteiger partial charge in [-0.05, 0) is 56.8 Å². The van der Waals surface area contributed by atoms with Crippen molar-refractivity contribution in [1.82, 2.24) is 15.2 Å². The fourth-order valence-corrected chi connectivity index (χ4v) is 2.77. The first-order valence-corrected chi connectivity index (χ1v) is 7.60. The van der Waals surface area contributed by atoms with Crippen molar-refractivity contribution >= 4 is 10.9 Å². The van der Waals surface area contributed by atoms with Gasteiger partial charge < -0.3 is 10.3 Å². The van der Waals surface area contributed by atoms with Gasteiger partial charge in [0.05, 0.1) is 0 Å². The SMILES string of the molecule is CC(C)N(CCNCc1ccc2[nH]ccc2c1)C(C)C. The molecule has 2 rings (SSSR count). The lowest BCUT2D eigenvalue weighted by molar-refractivity contribution is 0.176. The third-order valence-electron chi connectivity index (χ3n) is 3.82. The van der Waals surface area contributed by atoms with Crippen LogP contribution in [-0.4, -0.2) is 35.1 Å². The molecule has 110 valence electrons. The highest BCUT2D eigenvalue weighted by atomic mass is 15.2. The third kappa shape index (κ3) is 3.84. The lowest BCUT2D eigenvalue weighted by Gasteiger charge is -2.30. The highest BCUT2D eigenvalue weighted by molar-refractivity contribution is 5.79. The van der Waals surface area contributed by atoms with E-state index in [0.29, 0.717) is 12.1 Å². The van der Waals surface area contributed by atoms with Gasteiger partial charge in [0.2, 0.25) is 0 Å². The number of hydrogen-bond acceptors (Lipinski definition) is 2. The second kappa shape index (κ2) is 6.91. The molecular weight excluding hydrogens is 246 g/mol. The van der Waals surface area contributed by atoms with Gasteiger partial charge in [-0.1, -0.05) is 6.07 Å². The molecule has 0 aliphatic rings. The summed E-state index contributed by atoms with van der Waals surface area (Å²) in [5.41, 5.74) is 2.55. The first-order chi connectivity index (χ1) is 9.58. The van der Waals surface area contributed by atoms with Crippen LogP contribution < -0.4 is 5.32 Å². The highest BCUT2D eigenvalue weighted by Crippen LogP contribution is 2.14. The lowest BCUT2D eigenvalue weighted by atomic mass is 10.1. The summed E-state index contributed by atoms with van der Waals surface area (Å²) < 4.78 is 0. The molecule has 2 aromatic rings. The predicted octanol–water partition coefficient (Wildman–Crippen LogP) is 3.38. The minimum Gasteiger partial charge on any atom is -0.361 e. The number of aromatic nitrogens is 1. The summed E-state index contributed by atoms with van der Waals surface area (Å²) in [7, 11) is 0. The molecule has 0 saturated heterocycles. The molecule has 3 heteroatoms. The summed E-state index contributed by atoms with van der Waals surface area (Å²) in [4.78, 5) is 5.74. The molecule has 0 radical (unpaired) electrons. The van der Waals surface area contributed by atoms with E-state index in [1.807, 2.05) is 6.20 Å². The number of rotatable bonds is 7. The molecule has 0 saturated carbocycles. The standard InChI is InChI=1S/C17H27N3/c1-13(2)20(14(3)4)10-9-18-12-15-5-6-17-16(11-15)7-8-19-17/h5-8,11,13-14,18-19H,9-10,12H2,1-4H3. The van der Waals surface area contributed by atoms with Gasteiger partial charge in [-0.25, -0.2) is 0 Å². The largest absolute Gasteiger partial charge is 0.361 e. The number of nitrogens with zero attached hydrogens (tertiary/aromatic N) is 1. The molecule has 3 nitrogen and oxygen atoms in total. The molecule has 0 aliphatic carbocycles. The zero-order chi connectivity index (χ0) is 14.5. The Balaban J connectivity index is 1.80. The summed E-state index contributed by atoms with van der Waals surface area (Å²) in [6.45, 7) is 12.1.